The summed E-state index contributed by atoms with van der Waals surface area (Å²) in [5.41, 5.74) is 4.46. The number of carboxylic acids is 1. The summed E-state index contributed by atoms with van der Waals surface area (Å²) >= 11 is 0. The summed E-state index contributed by atoms with van der Waals surface area (Å²) in [6.07, 6.45) is 0.162. The second-order valence-electron chi connectivity index (χ2n) is 7.40. The highest BCUT2D eigenvalue weighted by molar-refractivity contribution is 6.00. The van der Waals surface area contributed by atoms with Crippen molar-refractivity contribution in [1.29, 1.82) is 0 Å². The third-order valence-corrected chi connectivity index (χ3v) is 4.67. The Hall–Kier alpha value is -4.17. The molecule has 35 heavy (non-hydrogen) atoms. The number of hydrogen-bond acceptors (Lipinski definition) is 4. The van der Waals surface area contributed by atoms with Crippen molar-refractivity contribution in [2.75, 3.05) is 22.6 Å². The standard InChI is InChI=1S/C25H25N3O5.C2H6/c1-17-5-2-3-8-22(17)28-25(32)27-20-11-9-18(10-12-20)14-23(29)26-21-7-4-6-19(13-21)15-33-16-24(30)31;1-2/h2-13H,14-16H2,1H3,(H,26,29)(H,30,31)(H2,27,28,32);1-2H3. The van der Waals surface area contributed by atoms with Crippen molar-refractivity contribution in [3.8, 4) is 0 Å². The van der Waals surface area contributed by atoms with Crippen LogP contribution in [0.3, 0.4) is 0 Å². The summed E-state index contributed by atoms with van der Waals surface area (Å²) in [6.45, 7) is 5.68. The average molecular weight is 478 g/mol. The molecule has 3 aromatic carbocycles. The number of urea groups is 1. The van der Waals surface area contributed by atoms with Gasteiger partial charge in [0, 0.05) is 17.1 Å². The van der Waals surface area contributed by atoms with Gasteiger partial charge in [0.25, 0.3) is 0 Å². The fraction of sp³-hybridized carbons (Fsp3) is 0.222. The second kappa shape index (κ2) is 14.2. The predicted molar refractivity (Wildman–Crippen MR) is 138 cm³/mol. The molecule has 0 radical (unpaired) electrons. The molecule has 8 heteroatoms. The van der Waals surface area contributed by atoms with E-state index < -0.39 is 5.97 Å². The molecule has 0 spiro atoms. The maximum absolute atomic E-state index is 12.4. The molecule has 0 aliphatic carbocycles. The molecule has 0 heterocycles. The number of benzene rings is 3. The summed E-state index contributed by atoms with van der Waals surface area (Å²) in [5, 5.41) is 17.0. The quantitative estimate of drug-likeness (QED) is 0.327. The highest BCUT2D eigenvalue weighted by Crippen LogP contribution is 2.16. The largest absolute Gasteiger partial charge is 0.480 e. The van der Waals surface area contributed by atoms with Gasteiger partial charge in [-0.15, -0.1) is 0 Å². The highest BCUT2D eigenvalue weighted by atomic mass is 16.5. The lowest BCUT2D eigenvalue weighted by Crippen LogP contribution is -2.20. The van der Waals surface area contributed by atoms with Gasteiger partial charge in [0.05, 0.1) is 13.0 Å². The molecule has 0 bridgehead atoms. The molecule has 184 valence electrons. The minimum Gasteiger partial charge on any atom is -0.480 e. The SMILES string of the molecule is CC.Cc1ccccc1NC(=O)Nc1ccc(CC(=O)Nc2cccc(COCC(=O)O)c2)cc1. The average Bonchev–Trinajstić information content (AvgIpc) is 2.83. The van der Waals surface area contributed by atoms with E-state index in [0.29, 0.717) is 11.4 Å². The van der Waals surface area contributed by atoms with Crippen molar-refractivity contribution in [2.45, 2.75) is 33.8 Å². The van der Waals surface area contributed by atoms with Gasteiger partial charge >= 0.3 is 12.0 Å². The smallest absolute Gasteiger partial charge is 0.329 e. The van der Waals surface area contributed by atoms with Gasteiger partial charge in [0.2, 0.25) is 5.91 Å². The summed E-state index contributed by atoms with van der Waals surface area (Å²) in [5.74, 6) is -1.23. The fourth-order valence-corrected chi connectivity index (χ4v) is 3.09. The molecule has 3 aromatic rings. The fourth-order valence-electron chi connectivity index (χ4n) is 3.09. The Morgan fingerprint density at radius 2 is 1.51 bits per heavy atom. The van der Waals surface area contributed by atoms with Gasteiger partial charge in [0.15, 0.2) is 0 Å². The van der Waals surface area contributed by atoms with E-state index in [9.17, 15) is 14.4 Å². The van der Waals surface area contributed by atoms with E-state index in [-0.39, 0.29) is 31.6 Å². The van der Waals surface area contributed by atoms with E-state index in [1.54, 1.807) is 48.5 Å². The molecule has 0 saturated carbocycles. The molecule has 8 nitrogen and oxygen atoms in total. The highest BCUT2D eigenvalue weighted by Gasteiger charge is 2.08. The maximum Gasteiger partial charge on any atom is 0.329 e. The normalized spacial score (nSPS) is 9.91. The number of para-hydroxylation sites is 1. The number of rotatable bonds is 9. The van der Waals surface area contributed by atoms with Gasteiger partial charge in [-0.25, -0.2) is 9.59 Å². The van der Waals surface area contributed by atoms with Gasteiger partial charge in [-0.05, 0) is 53.9 Å². The lowest BCUT2D eigenvalue weighted by atomic mass is 10.1. The third-order valence-electron chi connectivity index (χ3n) is 4.67. The topological polar surface area (TPSA) is 117 Å². The van der Waals surface area contributed by atoms with E-state index in [0.717, 1.165) is 22.4 Å². The zero-order chi connectivity index (χ0) is 25.6. The number of carbonyl (C=O) groups is 3. The van der Waals surface area contributed by atoms with E-state index >= 15 is 0 Å². The summed E-state index contributed by atoms with van der Waals surface area (Å²) in [4.78, 5) is 35.1. The van der Waals surface area contributed by atoms with E-state index in [1.165, 1.54) is 0 Å². The van der Waals surface area contributed by atoms with Crippen LogP contribution < -0.4 is 16.0 Å². The molecule has 0 atom stereocenters. The summed E-state index contributed by atoms with van der Waals surface area (Å²) < 4.78 is 5.07. The number of aliphatic carboxylic acids is 1. The van der Waals surface area contributed by atoms with Gasteiger partial charge < -0.3 is 25.8 Å². The first-order valence-electron chi connectivity index (χ1n) is 11.3. The van der Waals surface area contributed by atoms with Crippen LogP contribution in [0.4, 0.5) is 21.9 Å². The van der Waals surface area contributed by atoms with E-state index in [1.807, 2.05) is 45.0 Å². The lowest BCUT2D eigenvalue weighted by Gasteiger charge is -2.10. The first-order valence-corrected chi connectivity index (χ1v) is 11.3. The minimum atomic E-state index is -1.03. The molecule has 0 unspecified atom stereocenters. The van der Waals surface area contributed by atoms with E-state index in [4.69, 9.17) is 9.84 Å². The van der Waals surface area contributed by atoms with Crippen molar-refractivity contribution in [1.82, 2.24) is 0 Å². The number of carbonyl (C=O) groups excluding carboxylic acids is 2. The van der Waals surface area contributed by atoms with Crippen LogP contribution in [0.2, 0.25) is 0 Å². The third kappa shape index (κ3) is 9.69. The predicted octanol–water partition coefficient (Wildman–Crippen LogP) is 5.45. The van der Waals surface area contributed by atoms with Crippen LogP contribution in [0.15, 0.2) is 72.8 Å². The molecule has 3 amide bonds. The van der Waals surface area contributed by atoms with Gasteiger partial charge in [-0.1, -0.05) is 56.3 Å². The molecule has 3 rings (SSSR count). The van der Waals surface area contributed by atoms with Crippen LogP contribution in [-0.4, -0.2) is 29.6 Å². The van der Waals surface area contributed by atoms with Crippen LogP contribution in [-0.2, 0) is 27.4 Å². The number of carboxylic acid groups (broad SMARTS) is 1. The Kier molecular flexibility index (Phi) is 11.0. The monoisotopic (exact) mass is 477 g/mol. The Morgan fingerprint density at radius 1 is 0.800 bits per heavy atom. The Morgan fingerprint density at radius 3 is 2.20 bits per heavy atom. The number of nitrogens with one attached hydrogen (secondary N) is 3. The van der Waals surface area contributed by atoms with E-state index in [2.05, 4.69) is 16.0 Å². The molecule has 0 saturated heterocycles. The number of amides is 3. The van der Waals surface area contributed by atoms with Crippen molar-refractivity contribution in [2.24, 2.45) is 0 Å². The molecule has 0 aliphatic rings. The van der Waals surface area contributed by atoms with Crippen molar-refractivity contribution >= 4 is 35.0 Å². The molecule has 0 aliphatic heterocycles. The molecule has 4 N–H and O–H groups in total. The van der Waals surface area contributed by atoms with Gasteiger partial charge in [-0.2, -0.15) is 0 Å². The van der Waals surface area contributed by atoms with Crippen LogP contribution >= 0.6 is 0 Å². The van der Waals surface area contributed by atoms with Crippen LogP contribution in [0.25, 0.3) is 0 Å². The second-order valence-corrected chi connectivity index (χ2v) is 7.40. The van der Waals surface area contributed by atoms with Gasteiger partial charge in [0.1, 0.15) is 6.61 Å². The van der Waals surface area contributed by atoms with Crippen molar-refractivity contribution in [3.63, 3.8) is 0 Å². The number of anilines is 3. The zero-order valence-corrected chi connectivity index (χ0v) is 20.1. The minimum absolute atomic E-state index is 0.141. The Balaban J connectivity index is 0.00000210. The van der Waals surface area contributed by atoms with Crippen LogP contribution in [0.5, 0.6) is 0 Å². The summed E-state index contributed by atoms with van der Waals surface area (Å²) in [6, 6.07) is 21.2. The summed E-state index contributed by atoms with van der Waals surface area (Å²) in [7, 11) is 0. The maximum atomic E-state index is 12.4. The van der Waals surface area contributed by atoms with Gasteiger partial charge in [-0.3, -0.25) is 4.79 Å². The molecule has 0 fully saturated rings. The molecule has 0 aromatic heterocycles. The number of ether oxygens (including phenoxy) is 1. The first kappa shape index (κ1) is 27.1. The molecular weight excluding hydrogens is 446 g/mol. The lowest BCUT2D eigenvalue weighted by molar-refractivity contribution is -0.142. The first-order chi connectivity index (χ1) is 16.9. The Labute approximate surface area is 205 Å². The van der Waals surface area contributed by atoms with Crippen molar-refractivity contribution < 1.29 is 24.2 Å². The van der Waals surface area contributed by atoms with Crippen LogP contribution in [0, 0.1) is 6.92 Å². The number of aryl methyl sites for hydroxylation is 1. The number of hydrogen-bond donors (Lipinski definition) is 4. The Bertz CT molecular complexity index is 1130. The van der Waals surface area contributed by atoms with Crippen LogP contribution in [0.1, 0.15) is 30.5 Å². The van der Waals surface area contributed by atoms with Crippen molar-refractivity contribution in [3.05, 3.63) is 89.5 Å². The molecular formula is C27H31N3O5. The zero-order valence-electron chi connectivity index (χ0n) is 20.1.